The molecule has 0 spiro atoms. The Kier molecular flexibility index (Phi) is 3.98. The Morgan fingerprint density at radius 3 is 2.53 bits per heavy atom. The zero-order valence-electron chi connectivity index (χ0n) is 9.78. The minimum Gasteiger partial charge on any atom is -0.463 e. The Morgan fingerprint density at radius 1 is 1.21 bits per heavy atom. The summed E-state index contributed by atoms with van der Waals surface area (Å²) in [5.41, 5.74) is 0.313. The van der Waals surface area contributed by atoms with Crippen molar-refractivity contribution >= 4 is 34.3 Å². The third kappa shape index (κ3) is 2.83. The van der Waals surface area contributed by atoms with Crippen LogP contribution >= 0.6 is 22.6 Å². The molecule has 1 heterocycles. The first-order valence-corrected chi connectivity index (χ1v) is 6.28. The number of ketones is 1. The zero-order chi connectivity index (χ0) is 14.0. The molecule has 0 aliphatic rings. The normalized spacial score (nSPS) is 10.3. The number of hydrogen-bond acceptors (Lipinski definition) is 4. The molecule has 0 bridgehead atoms. The van der Waals surface area contributed by atoms with Crippen molar-refractivity contribution in [1.29, 1.82) is 0 Å². The van der Waals surface area contributed by atoms with E-state index in [1.54, 1.807) is 0 Å². The molecule has 0 amide bonds. The largest absolute Gasteiger partial charge is 0.463 e. The van der Waals surface area contributed by atoms with Gasteiger partial charge in [0.2, 0.25) is 11.5 Å². The summed E-state index contributed by atoms with van der Waals surface area (Å²) in [6.45, 7) is 0. The van der Waals surface area contributed by atoms with Gasteiger partial charge in [-0.05, 0) is 52.9 Å². The van der Waals surface area contributed by atoms with E-state index < -0.39 is 17.6 Å². The second kappa shape index (κ2) is 5.52. The molecular formula is C13H8FIO4. The van der Waals surface area contributed by atoms with Gasteiger partial charge in [0, 0.05) is 9.13 Å². The standard InChI is InChI=1S/C13H8FIO4/c1-18-13(17)11-5-4-10(19-11)12(16)8-3-2-7(14)6-9(8)15/h2-6H,1H3. The third-order valence-electron chi connectivity index (χ3n) is 2.39. The van der Waals surface area contributed by atoms with Gasteiger partial charge in [0.15, 0.2) is 5.76 Å². The Hall–Kier alpha value is -1.70. The molecule has 0 atom stereocenters. The fraction of sp³-hybridized carbons (Fsp3) is 0.0769. The van der Waals surface area contributed by atoms with Crippen LogP contribution in [-0.2, 0) is 4.74 Å². The van der Waals surface area contributed by atoms with Crippen molar-refractivity contribution in [2.75, 3.05) is 7.11 Å². The van der Waals surface area contributed by atoms with Crippen molar-refractivity contribution in [2.45, 2.75) is 0 Å². The number of methoxy groups -OCH3 is 1. The molecule has 0 N–H and O–H groups in total. The van der Waals surface area contributed by atoms with E-state index in [1.165, 1.54) is 37.4 Å². The van der Waals surface area contributed by atoms with Crippen LogP contribution < -0.4 is 0 Å². The van der Waals surface area contributed by atoms with Crippen LogP contribution in [0.1, 0.15) is 26.7 Å². The summed E-state index contributed by atoms with van der Waals surface area (Å²) in [4.78, 5) is 23.3. The van der Waals surface area contributed by atoms with Crippen molar-refractivity contribution in [3.05, 3.63) is 56.8 Å². The van der Waals surface area contributed by atoms with Crippen molar-refractivity contribution < 1.29 is 23.1 Å². The van der Waals surface area contributed by atoms with Gasteiger partial charge in [0.1, 0.15) is 5.82 Å². The average Bonchev–Trinajstić information content (AvgIpc) is 2.86. The summed E-state index contributed by atoms with van der Waals surface area (Å²) in [6.07, 6.45) is 0. The molecule has 2 aromatic rings. The predicted molar refractivity (Wildman–Crippen MR) is 72.6 cm³/mol. The van der Waals surface area contributed by atoms with Crippen LogP contribution in [0.3, 0.4) is 0 Å². The van der Waals surface area contributed by atoms with Crippen LogP contribution in [-0.4, -0.2) is 18.9 Å². The van der Waals surface area contributed by atoms with Crippen LogP contribution in [0, 0.1) is 9.39 Å². The molecule has 0 fully saturated rings. The van der Waals surface area contributed by atoms with Crippen LogP contribution in [0.25, 0.3) is 0 Å². The lowest BCUT2D eigenvalue weighted by atomic mass is 10.1. The number of furan rings is 1. The van der Waals surface area contributed by atoms with E-state index in [0.29, 0.717) is 9.13 Å². The fourth-order valence-corrected chi connectivity index (χ4v) is 2.20. The van der Waals surface area contributed by atoms with E-state index in [4.69, 9.17) is 4.42 Å². The maximum atomic E-state index is 13.0. The molecule has 0 aliphatic carbocycles. The Labute approximate surface area is 121 Å². The lowest BCUT2D eigenvalue weighted by Gasteiger charge is -2.01. The molecule has 98 valence electrons. The van der Waals surface area contributed by atoms with Gasteiger partial charge in [-0.25, -0.2) is 9.18 Å². The maximum absolute atomic E-state index is 13.0. The van der Waals surface area contributed by atoms with Gasteiger partial charge in [-0.1, -0.05) is 0 Å². The summed E-state index contributed by atoms with van der Waals surface area (Å²) < 4.78 is 23.0. The van der Waals surface area contributed by atoms with Gasteiger partial charge < -0.3 is 9.15 Å². The number of benzene rings is 1. The summed E-state index contributed by atoms with van der Waals surface area (Å²) >= 11 is 1.86. The number of ether oxygens (including phenoxy) is 1. The Balaban J connectivity index is 2.34. The first-order valence-electron chi connectivity index (χ1n) is 5.21. The molecule has 0 saturated heterocycles. The molecule has 1 aromatic heterocycles. The maximum Gasteiger partial charge on any atom is 0.373 e. The summed E-state index contributed by atoms with van der Waals surface area (Å²) in [5.74, 6) is -1.55. The van der Waals surface area contributed by atoms with E-state index in [-0.39, 0.29) is 11.5 Å². The number of rotatable bonds is 3. The topological polar surface area (TPSA) is 56.5 Å². The number of hydrogen-bond donors (Lipinski definition) is 0. The van der Waals surface area contributed by atoms with Gasteiger partial charge in [-0.3, -0.25) is 4.79 Å². The smallest absolute Gasteiger partial charge is 0.373 e. The number of esters is 1. The second-order valence-corrected chi connectivity index (χ2v) is 4.77. The molecule has 0 unspecified atom stereocenters. The van der Waals surface area contributed by atoms with E-state index in [2.05, 4.69) is 4.74 Å². The lowest BCUT2D eigenvalue weighted by Crippen LogP contribution is -2.03. The number of halogens is 2. The SMILES string of the molecule is COC(=O)c1ccc(C(=O)c2ccc(F)cc2I)o1. The van der Waals surface area contributed by atoms with Crippen molar-refractivity contribution in [1.82, 2.24) is 0 Å². The molecule has 6 heteroatoms. The first-order chi connectivity index (χ1) is 9.02. The lowest BCUT2D eigenvalue weighted by molar-refractivity contribution is 0.0563. The van der Waals surface area contributed by atoms with Gasteiger partial charge in [0.05, 0.1) is 7.11 Å². The van der Waals surface area contributed by atoms with E-state index in [0.717, 1.165) is 0 Å². The minimum atomic E-state index is -0.659. The Morgan fingerprint density at radius 2 is 1.89 bits per heavy atom. The highest BCUT2D eigenvalue weighted by Gasteiger charge is 2.19. The number of carbonyl (C=O) groups is 2. The highest BCUT2D eigenvalue weighted by atomic mass is 127. The summed E-state index contributed by atoms with van der Waals surface area (Å²) in [5, 5.41) is 0. The highest BCUT2D eigenvalue weighted by molar-refractivity contribution is 14.1. The minimum absolute atomic E-state index is 0.00456. The average molecular weight is 374 g/mol. The fourth-order valence-electron chi connectivity index (χ4n) is 1.48. The van der Waals surface area contributed by atoms with Crippen LogP contribution in [0.4, 0.5) is 4.39 Å². The van der Waals surface area contributed by atoms with E-state index >= 15 is 0 Å². The monoisotopic (exact) mass is 374 g/mol. The van der Waals surface area contributed by atoms with Crippen LogP contribution in [0.15, 0.2) is 34.7 Å². The molecule has 1 aromatic carbocycles. The van der Waals surface area contributed by atoms with Gasteiger partial charge in [-0.15, -0.1) is 0 Å². The molecule has 19 heavy (non-hydrogen) atoms. The molecule has 4 nitrogen and oxygen atoms in total. The first kappa shape index (κ1) is 13.7. The van der Waals surface area contributed by atoms with Gasteiger partial charge >= 0.3 is 5.97 Å². The molecular weight excluding hydrogens is 366 g/mol. The van der Waals surface area contributed by atoms with Crippen molar-refractivity contribution in [2.24, 2.45) is 0 Å². The predicted octanol–water partition coefficient (Wildman–Crippen LogP) is 3.04. The van der Waals surface area contributed by atoms with E-state index in [1.807, 2.05) is 22.6 Å². The molecule has 0 radical (unpaired) electrons. The van der Waals surface area contributed by atoms with Gasteiger partial charge in [-0.2, -0.15) is 0 Å². The van der Waals surface area contributed by atoms with Crippen LogP contribution in [0.5, 0.6) is 0 Å². The van der Waals surface area contributed by atoms with E-state index in [9.17, 15) is 14.0 Å². The van der Waals surface area contributed by atoms with Crippen molar-refractivity contribution in [3.8, 4) is 0 Å². The Bertz CT molecular complexity index is 648. The third-order valence-corrected chi connectivity index (χ3v) is 3.28. The second-order valence-electron chi connectivity index (χ2n) is 3.61. The van der Waals surface area contributed by atoms with Crippen molar-refractivity contribution in [3.63, 3.8) is 0 Å². The molecule has 0 aliphatic heterocycles. The summed E-state index contributed by atoms with van der Waals surface area (Å²) in [7, 11) is 1.22. The summed E-state index contributed by atoms with van der Waals surface area (Å²) in [6, 6.07) is 6.56. The van der Waals surface area contributed by atoms with Gasteiger partial charge in [0.25, 0.3) is 0 Å². The number of carbonyl (C=O) groups excluding carboxylic acids is 2. The molecule has 0 saturated carbocycles. The highest BCUT2D eigenvalue weighted by Crippen LogP contribution is 2.19. The van der Waals surface area contributed by atoms with Crippen LogP contribution in [0.2, 0.25) is 0 Å². The quantitative estimate of drug-likeness (QED) is 0.471. The zero-order valence-corrected chi connectivity index (χ0v) is 11.9. The molecule has 2 rings (SSSR count).